The van der Waals surface area contributed by atoms with Gasteiger partial charge in [-0.1, -0.05) is 38.5 Å². The van der Waals surface area contributed by atoms with Crippen LogP contribution in [0.4, 0.5) is 0 Å². The number of carboxylic acid groups (broad SMARTS) is 1. The molecule has 0 aromatic carbocycles. The lowest BCUT2D eigenvalue weighted by molar-refractivity contribution is -0.155. The maximum Gasteiger partial charge on any atom is 0.310 e. The maximum atomic E-state index is 12.5. The monoisotopic (exact) mass is 281 g/mol. The summed E-state index contributed by atoms with van der Waals surface area (Å²) in [6.07, 6.45) is 10.1. The molecule has 0 heterocycles. The maximum absolute atomic E-state index is 12.5. The molecule has 0 radical (unpaired) electrons. The van der Waals surface area contributed by atoms with E-state index >= 15 is 0 Å². The second kappa shape index (κ2) is 6.59. The molecular formula is C16H27NO3. The molecule has 2 fully saturated rings. The van der Waals surface area contributed by atoms with Gasteiger partial charge in [0.15, 0.2) is 0 Å². The minimum Gasteiger partial charge on any atom is -0.481 e. The summed E-state index contributed by atoms with van der Waals surface area (Å²) in [6.45, 7) is 0. The summed E-state index contributed by atoms with van der Waals surface area (Å²) in [5.74, 6) is -0.742. The second-order valence-corrected chi connectivity index (χ2v) is 6.62. The third-order valence-corrected chi connectivity index (χ3v) is 5.27. The lowest BCUT2D eigenvalue weighted by Crippen LogP contribution is -2.41. The first-order chi connectivity index (χ1) is 9.55. The number of carbonyl (C=O) groups is 2. The van der Waals surface area contributed by atoms with E-state index < -0.39 is 11.4 Å². The third kappa shape index (κ3) is 3.33. The van der Waals surface area contributed by atoms with E-state index in [0.29, 0.717) is 18.9 Å². The summed E-state index contributed by atoms with van der Waals surface area (Å²) in [5, 5.41) is 9.64. The molecule has 1 N–H and O–H groups in total. The fraction of sp³-hybridized carbons (Fsp3) is 0.875. The second-order valence-electron chi connectivity index (χ2n) is 6.62. The topological polar surface area (TPSA) is 57.6 Å². The van der Waals surface area contributed by atoms with Crippen LogP contribution in [0.1, 0.15) is 70.6 Å². The van der Waals surface area contributed by atoms with Gasteiger partial charge in [0.05, 0.1) is 5.41 Å². The minimum absolute atomic E-state index is 0.0289. The molecule has 0 aromatic heterocycles. The molecule has 0 bridgehead atoms. The van der Waals surface area contributed by atoms with Crippen molar-refractivity contribution in [1.82, 2.24) is 4.90 Å². The average molecular weight is 281 g/mol. The van der Waals surface area contributed by atoms with Gasteiger partial charge in [0.25, 0.3) is 0 Å². The molecule has 20 heavy (non-hydrogen) atoms. The van der Waals surface area contributed by atoms with E-state index in [4.69, 9.17) is 0 Å². The molecule has 0 unspecified atom stereocenters. The lowest BCUT2D eigenvalue weighted by atomic mass is 9.77. The summed E-state index contributed by atoms with van der Waals surface area (Å²) >= 11 is 0. The summed E-state index contributed by atoms with van der Waals surface area (Å²) in [6, 6.07) is 0.333. The van der Waals surface area contributed by atoms with E-state index in [2.05, 4.69) is 0 Å². The Morgan fingerprint density at radius 3 is 2.10 bits per heavy atom. The van der Waals surface area contributed by atoms with Crippen molar-refractivity contribution in [2.45, 2.75) is 76.7 Å². The highest BCUT2D eigenvalue weighted by Gasteiger charge is 2.41. The summed E-state index contributed by atoms with van der Waals surface area (Å²) < 4.78 is 0. The van der Waals surface area contributed by atoms with E-state index in [1.807, 2.05) is 11.9 Å². The highest BCUT2D eigenvalue weighted by Crippen LogP contribution is 2.39. The number of carboxylic acids is 1. The summed E-state index contributed by atoms with van der Waals surface area (Å²) in [7, 11) is 1.85. The highest BCUT2D eigenvalue weighted by atomic mass is 16.4. The first kappa shape index (κ1) is 15.3. The van der Waals surface area contributed by atoms with Gasteiger partial charge in [0, 0.05) is 19.5 Å². The van der Waals surface area contributed by atoms with Gasteiger partial charge in [0.1, 0.15) is 0 Å². The van der Waals surface area contributed by atoms with Gasteiger partial charge < -0.3 is 10.0 Å². The number of rotatable bonds is 4. The molecule has 0 atom stereocenters. The van der Waals surface area contributed by atoms with Crippen LogP contribution in [-0.2, 0) is 9.59 Å². The standard InChI is InChI=1S/C16H27NO3/c1-17(13-8-4-5-9-13)14(18)12-16(15(19)20)10-6-2-3-7-11-16/h13H,2-12H2,1H3,(H,19,20). The molecule has 2 aliphatic rings. The summed E-state index contributed by atoms with van der Waals surface area (Å²) in [5.41, 5.74) is -0.805. The van der Waals surface area contributed by atoms with Crippen molar-refractivity contribution < 1.29 is 14.7 Å². The van der Waals surface area contributed by atoms with Crippen LogP contribution in [-0.4, -0.2) is 35.0 Å². The lowest BCUT2D eigenvalue weighted by Gasteiger charge is -2.31. The van der Waals surface area contributed by atoms with Crippen LogP contribution >= 0.6 is 0 Å². The average Bonchev–Trinajstić information content (AvgIpc) is 2.85. The smallest absolute Gasteiger partial charge is 0.310 e. The Hall–Kier alpha value is -1.06. The van der Waals surface area contributed by atoms with Crippen molar-refractivity contribution >= 4 is 11.9 Å². The van der Waals surface area contributed by atoms with Gasteiger partial charge in [0.2, 0.25) is 5.91 Å². The van der Waals surface area contributed by atoms with Crippen molar-refractivity contribution in [2.24, 2.45) is 5.41 Å². The van der Waals surface area contributed by atoms with Crippen LogP contribution in [0.25, 0.3) is 0 Å². The largest absolute Gasteiger partial charge is 0.481 e. The first-order valence-corrected chi connectivity index (χ1v) is 8.04. The molecule has 0 aliphatic heterocycles. The molecule has 4 heteroatoms. The normalized spacial score (nSPS) is 23.2. The Bertz CT molecular complexity index is 353. The molecule has 4 nitrogen and oxygen atoms in total. The Morgan fingerprint density at radius 1 is 1.05 bits per heavy atom. The van der Waals surface area contributed by atoms with Gasteiger partial charge >= 0.3 is 5.97 Å². The zero-order valence-electron chi connectivity index (χ0n) is 12.6. The quantitative estimate of drug-likeness (QED) is 0.805. The van der Waals surface area contributed by atoms with Crippen molar-refractivity contribution in [3.63, 3.8) is 0 Å². The van der Waals surface area contributed by atoms with Crippen LogP contribution in [0.5, 0.6) is 0 Å². The third-order valence-electron chi connectivity index (χ3n) is 5.27. The van der Waals surface area contributed by atoms with E-state index in [9.17, 15) is 14.7 Å². The fourth-order valence-electron chi connectivity index (χ4n) is 3.78. The van der Waals surface area contributed by atoms with Crippen molar-refractivity contribution in [2.75, 3.05) is 7.05 Å². The predicted molar refractivity (Wildman–Crippen MR) is 77.4 cm³/mol. The Balaban J connectivity index is 2.03. The number of hydrogen-bond donors (Lipinski definition) is 1. The van der Waals surface area contributed by atoms with Gasteiger partial charge in [-0.05, 0) is 25.7 Å². The van der Waals surface area contributed by atoms with Crippen molar-refractivity contribution in [1.29, 1.82) is 0 Å². The molecule has 0 spiro atoms. The van der Waals surface area contributed by atoms with Crippen LogP contribution in [0, 0.1) is 5.41 Å². The fourth-order valence-corrected chi connectivity index (χ4v) is 3.78. The Labute approximate surface area is 121 Å². The number of aliphatic carboxylic acids is 1. The minimum atomic E-state index is -0.805. The molecule has 0 saturated heterocycles. The van der Waals surface area contributed by atoms with E-state index in [1.54, 1.807) is 0 Å². The Morgan fingerprint density at radius 2 is 1.60 bits per heavy atom. The number of amides is 1. The molecular weight excluding hydrogens is 254 g/mol. The van der Waals surface area contributed by atoms with Crippen LogP contribution in [0.15, 0.2) is 0 Å². The molecule has 1 amide bonds. The van der Waals surface area contributed by atoms with E-state index in [-0.39, 0.29) is 12.3 Å². The van der Waals surface area contributed by atoms with Crippen LogP contribution < -0.4 is 0 Å². The predicted octanol–water partition coefficient (Wildman–Crippen LogP) is 3.20. The molecule has 2 aliphatic carbocycles. The van der Waals surface area contributed by atoms with Crippen molar-refractivity contribution in [3.05, 3.63) is 0 Å². The van der Waals surface area contributed by atoms with E-state index in [0.717, 1.165) is 38.5 Å². The SMILES string of the molecule is CN(C(=O)CC1(C(=O)O)CCCCCC1)C1CCCC1. The number of nitrogens with zero attached hydrogens (tertiary/aromatic N) is 1. The zero-order valence-corrected chi connectivity index (χ0v) is 12.6. The van der Waals surface area contributed by atoms with Crippen LogP contribution in [0.3, 0.4) is 0 Å². The Kier molecular flexibility index (Phi) is 5.06. The van der Waals surface area contributed by atoms with E-state index in [1.165, 1.54) is 12.8 Å². The molecule has 2 saturated carbocycles. The zero-order chi connectivity index (χ0) is 14.6. The van der Waals surface area contributed by atoms with Gasteiger partial charge in [-0.2, -0.15) is 0 Å². The van der Waals surface area contributed by atoms with Gasteiger partial charge in [-0.15, -0.1) is 0 Å². The molecule has 0 aromatic rings. The molecule has 2 rings (SSSR count). The summed E-state index contributed by atoms with van der Waals surface area (Å²) in [4.78, 5) is 26.0. The first-order valence-electron chi connectivity index (χ1n) is 8.04. The van der Waals surface area contributed by atoms with Gasteiger partial charge in [-0.25, -0.2) is 0 Å². The molecule has 114 valence electrons. The van der Waals surface area contributed by atoms with Crippen molar-refractivity contribution in [3.8, 4) is 0 Å². The number of hydrogen-bond acceptors (Lipinski definition) is 2. The highest BCUT2D eigenvalue weighted by molar-refractivity contribution is 5.85. The van der Waals surface area contributed by atoms with Gasteiger partial charge in [-0.3, -0.25) is 9.59 Å². The number of carbonyl (C=O) groups excluding carboxylic acids is 1. The van der Waals surface area contributed by atoms with Crippen LogP contribution in [0.2, 0.25) is 0 Å².